The fraction of sp³-hybridized carbons (Fsp3) is 0.125. The summed E-state index contributed by atoms with van der Waals surface area (Å²) in [6.07, 6.45) is 0. The van der Waals surface area contributed by atoms with Crippen LogP contribution in [-0.4, -0.2) is 13.8 Å². The lowest BCUT2D eigenvalue weighted by Gasteiger charge is -2.06. The Morgan fingerprint density at radius 3 is 2.73 bits per heavy atom. The maximum atomic E-state index is 5.66. The molecule has 3 N–H and O–H groups in total. The van der Waals surface area contributed by atoms with Crippen molar-refractivity contribution in [3.05, 3.63) is 18.2 Å². The highest BCUT2D eigenvalue weighted by Crippen LogP contribution is 2.29. The summed E-state index contributed by atoms with van der Waals surface area (Å²) in [6, 6.07) is 5.52. The van der Waals surface area contributed by atoms with E-state index in [1.807, 2.05) is 18.2 Å². The van der Waals surface area contributed by atoms with Crippen molar-refractivity contribution in [3.63, 3.8) is 0 Å². The number of hydrogen-bond acceptors (Lipinski definition) is 3. The SMILES string of the molecule is C=Nc1cccc(N)c1NC. The van der Waals surface area contributed by atoms with Crippen molar-refractivity contribution >= 4 is 23.8 Å². The van der Waals surface area contributed by atoms with Gasteiger partial charge in [0, 0.05) is 7.05 Å². The Kier molecular flexibility index (Phi) is 2.11. The average molecular weight is 149 g/mol. The van der Waals surface area contributed by atoms with Crippen LogP contribution >= 0.6 is 0 Å². The lowest BCUT2D eigenvalue weighted by molar-refractivity contribution is 1.46. The van der Waals surface area contributed by atoms with E-state index in [1.165, 1.54) is 0 Å². The largest absolute Gasteiger partial charge is 0.397 e. The molecule has 3 heteroatoms. The predicted octanol–water partition coefficient (Wildman–Crippen LogP) is 1.64. The fourth-order valence-corrected chi connectivity index (χ4v) is 0.962. The van der Waals surface area contributed by atoms with Crippen LogP contribution in [0.15, 0.2) is 23.2 Å². The first-order valence-corrected chi connectivity index (χ1v) is 3.32. The number of rotatable bonds is 2. The first-order chi connectivity index (χ1) is 5.29. The molecule has 0 spiro atoms. The molecule has 11 heavy (non-hydrogen) atoms. The molecule has 0 fully saturated rings. The van der Waals surface area contributed by atoms with E-state index in [0.717, 1.165) is 11.4 Å². The quantitative estimate of drug-likeness (QED) is 0.496. The topological polar surface area (TPSA) is 50.4 Å². The third kappa shape index (κ3) is 1.32. The third-order valence-corrected chi connectivity index (χ3v) is 1.50. The first kappa shape index (κ1) is 7.60. The van der Waals surface area contributed by atoms with Gasteiger partial charge in [-0.3, -0.25) is 4.99 Å². The van der Waals surface area contributed by atoms with Crippen LogP contribution in [-0.2, 0) is 0 Å². The summed E-state index contributed by atoms with van der Waals surface area (Å²) in [6.45, 7) is 3.44. The second-order valence-electron chi connectivity index (χ2n) is 2.15. The minimum atomic E-state index is 0.692. The number of anilines is 2. The molecule has 0 aliphatic heterocycles. The Hall–Kier alpha value is -1.51. The summed E-state index contributed by atoms with van der Waals surface area (Å²) in [4.78, 5) is 3.81. The number of benzene rings is 1. The molecule has 0 unspecified atom stereocenters. The number of aliphatic imine (C=N–C) groups is 1. The standard InChI is InChI=1S/C8H11N3/c1-10-7-5-3-4-6(9)8(7)11-2/h3-5,11H,1,9H2,2H3. The molecule has 1 aromatic rings. The van der Waals surface area contributed by atoms with Crippen molar-refractivity contribution in [2.24, 2.45) is 4.99 Å². The maximum absolute atomic E-state index is 5.66. The van der Waals surface area contributed by atoms with E-state index >= 15 is 0 Å². The molecule has 58 valence electrons. The van der Waals surface area contributed by atoms with E-state index in [0.29, 0.717) is 5.69 Å². The van der Waals surface area contributed by atoms with Crippen LogP contribution in [0.5, 0.6) is 0 Å². The van der Waals surface area contributed by atoms with Crippen molar-refractivity contribution in [1.29, 1.82) is 0 Å². The van der Waals surface area contributed by atoms with Crippen LogP contribution in [0.2, 0.25) is 0 Å². The molecule has 1 rings (SSSR count). The van der Waals surface area contributed by atoms with E-state index in [2.05, 4.69) is 17.0 Å². The third-order valence-electron chi connectivity index (χ3n) is 1.50. The van der Waals surface area contributed by atoms with Crippen LogP contribution in [0.25, 0.3) is 0 Å². The molecule has 0 atom stereocenters. The molecule has 0 aliphatic rings. The summed E-state index contributed by atoms with van der Waals surface area (Å²) >= 11 is 0. The molecular weight excluding hydrogens is 138 g/mol. The molecule has 0 bridgehead atoms. The van der Waals surface area contributed by atoms with Crippen molar-refractivity contribution < 1.29 is 0 Å². The van der Waals surface area contributed by atoms with Crippen LogP contribution in [0.4, 0.5) is 17.1 Å². The van der Waals surface area contributed by atoms with E-state index in [-0.39, 0.29) is 0 Å². The zero-order chi connectivity index (χ0) is 8.27. The highest BCUT2D eigenvalue weighted by Gasteiger charge is 2.00. The minimum Gasteiger partial charge on any atom is -0.397 e. The Bertz CT molecular complexity index is 268. The van der Waals surface area contributed by atoms with Gasteiger partial charge in [-0.15, -0.1) is 0 Å². The number of hydrogen-bond donors (Lipinski definition) is 2. The zero-order valence-corrected chi connectivity index (χ0v) is 6.46. The molecule has 0 aromatic heterocycles. The summed E-state index contributed by atoms with van der Waals surface area (Å²) in [7, 11) is 1.81. The molecule has 0 saturated heterocycles. The van der Waals surface area contributed by atoms with Crippen molar-refractivity contribution in [3.8, 4) is 0 Å². The smallest absolute Gasteiger partial charge is 0.0874 e. The Balaban J connectivity index is 3.23. The molecule has 0 amide bonds. The summed E-state index contributed by atoms with van der Waals surface area (Å²) in [5.41, 5.74) is 7.97. The van der Waals surface area contributed by atoms with Gasteiger partial charge in [-0.2, -0.15) is 0 Å². The van der Waals surface area contributed by atoms with Gasteiger partial charge in [0.2, 0.25) is 0 Å². The summed E-state index contributed by atoms with van der Waals surface area (Å²) in [5, 5.41) is 2.96. The maximum Gasteiger partial charge on any atom is 0.0874 e. The zero-order valence-electron chi connectivity index (χ0n) is 6.46. The van der Waals surface area contributed by atoms with Gasteiger partial charge in [0.05, 0.1) is 17.1 Å². The van der Waals surface area contributed by atoms with Gasteiger partial charge in [-0.05, 0) is 18.9 Å². The molecule has 0 aliphatic carbocycles. The highest BCUT2D eigenvalue weighted by atomic mass is 14.9. The molecule has 0 radical (unpaired) electrons. The monoisotopic (exact) mass is 149 g/mol. The lowest BCUT2D eigenvalue weighted by Crippen LogP contribution is -1.94. The van der Waals surface area contributed by atoms with E-state index in [1.54, 1.807) is 7.05 Å². The van der Waals surface area contributed by atoms with Crippen molar-refractivity contribution in [2.75, 3.05) is 18.1 Å². The van der Waals surface area contributed by atoms with Gasteiger partial charge < -0.3 is 11.1 Å². The number of nitrogen functional groups attached to an aromatic ring is 1. The second kappa shape index (κ2) is 3.05. The Morgan fingerprint density at radius 2 is 2.27 bits per heavy atom. The van der Waals surface area contributed by atoms with Crippen molar-refractivity contribution in [1.82, 2.24) is 0 Å². The Morgan fingerprint density at radius 1 is 1.55 bits per heavy atom. The number of nitrogens with zero attached hydrogens (tertiary/aromatic N) is 1. The van der Waals surface area contributed by atoms with E-state index < -0.39 is 0 Å². The van der Waals surface area contributed by atoms with Gasteiger partial charge >= 0.3 is 0 Å². The van der Waals surface area contributed by atoms with Gasteiger partial charge in [-0.1, -0.05) is 6.07 Å². The fourth-order valence-electron chi connectivity index (χ4n) is 0.962. The van der Waals surface area contributed by atoms with Crippen LogP contribution in [0.1, 0.15) is 0 Å². The molecular formula is C8H11N3. The highest BCUT2D eigenvalue weighted by molar-refractivity contribution is 5.79. The van der Waals surface area contributed by atoms with Gasteiger partial charge in [0.1, 0.15) is 0 Å². The summed E-state index contributed by atoms with van der Waals surface area (Å²) in [5.74, 6) is 0. The number of nitrogens with one attached hydrogen (secondary N) is 1. The van der Waals surface area contributed by atoms with Crippen LogP contribution in [0, 0.1) is 0 Å². The van der Waals surface area contributed by atoms with E-state index in [9.17, 15) is 0 Å². The second-order valence-corrected chi connectivity index (χ2v) is 2.15. The molecule has 3 nitrogen and oxygen atoms in total. The normalized spacial score (nSPS) is 9.18. The van der Waals surface area contributed by atoms with Crippen LogP contribution in [0.3, 0.4) is 0 Å². The number of para-hydroxylation sites is 1. The van der Waals surface area contributed by atoms with Gasteiger partial charge in [0.15, 0.2) is 0 Å². The summed E-state index contributed by atoms with van der Waals surface area (Å²) < 4.78 is 0. The van der Waals surface area contributed by atoms with Gasteiger partial charge in [0.25, 0.3) is 0 Å². The predicted molar refractivity (Wildman–Crippen MR) is 49.6 cm³/mol. The minimum absolute atomic E-state index is 0.692. The lowest BCUT2D eigenvalue weighted by atomic mass is 10.2. The number of nitrogens with two attached hydrogens (primary N) is 1. The molecule has 0 heterocycles. The molecule has 1 aromatic carbocycles. The Labute approximate surface area is 65.9 Å². The van der Waals surface area contributed by atoms with Gasteiger partial charge in [-0.25, -0.2) is 0 Å². The van der Waals surface area contributed by atoms with Crippen molar-refractivity contribution in [2.45, 2.75) is 0 Å². The van der Waals surface area contributed by atoms with E-state index in [4.69, 9.17) is 5.73 Å². The van der Waals surface area contributed by atoms with Crippen LogP contribution < -0.4 is 11.1 Å². The first-order valence-electron chi connectivity index (χ1n) is 3.32. The average Bonchev–Trinajstić information content (AvgIpc) is 2.04. The molecule has 0 saturated carbocycles.